The minimum atomic E-state index is -3.60. The first-order valence-corrected chi connectivity index (χ1v) is 11.3. The first kappa shape index (κ1) is 22.3. The number of rotatable bonds is 7. The maximum absolute atomic E-state index is 12.8. The standard InChI is InChI=1S/C20H23ClFN3O4S/c21-16-2-8-19(9-3-16)30(27,28)25-13-11-24(12-14-25)20(26)23-10-1-15-29-18-6-4-17(22)5-7-18/h2-9H,1,10-15H2,(H,23,26). The normalized spacial score (nSPS) is 15.1. The molecule has 2 aromatic carbocycles. The van der Waals surface area contributed by atoms with Crippen molar-refractivity contribution < 1.29 is 22.3 Å². The van der Waals surface area contributed by atoms with Crippen molar-refractivity contribution >= 4 is 27.7 Å². The lowest BCUT2D eigenvalue weighted by Gasteiger charge is -2.34. The Bertz CT molecular complexity index is 947. The Labute approximate surface area is 180 Å². The monoisotopic (exact) mass is 455 g/mol. The van der Waals surface area contributed by atoms with Gasteiger partial charge in [-0.3, -0.25) is 0 Å². The number of hydrogen-bond acceptors (Lipinski definition) is 4. The van der Waals surface area contributed by atoms with Gasteiger partial charge in [0.15, 0.2) is 0 Å². The van der Waals surface area contributed by atoms with E-state index >= 15 is 0 Å². The van der Waals surface area contributed by atoms with E-state index in [0.717, 1.165) is 0 Å². The van der Waals surface area contributed by atoms with Crippen LogP contribution in [0.1, 0.15) is 6.42 Å². The zero-order valence-electron chi connectivity index (χ0n) is 16.3. The number of amides is 2. The van der Waals surface area contributed by atoms with E-state index in [2.05, 4.69) is 5.32 Å². The van der Waals surface area contributed by atoms with Gasteiger partial charge in [0.05, 0.1) is 11.5 Å². The van der Waals surface area contributed by atoms with E-state index in [1.54, 1.807) is 17.0 Å². The number of nitrogens with one attached hydrogen (secondary N) is 1. The molecule has 1 N–H and O–H groups in total. The molecular formula is C20H23ClFN3O4S. The van der Waals surface area contributed by atoms with Gasteiger partial charge in [-0.15, -0.1) is 0 Å². The van der Waals surface area contributed by atoms with Crippen LogP contribution in [0, 0.1) is 5.82 Å². The molecule has 1 fully saturated rings. The van der Waals surface area contributed by atoms with E-state index in [-0.39, 0.29) is 29.8 Å². The summed E-state index contributed by atoms with van der Waals surface area (Å²) in [5.41, 5.74) is 0. The molecule has 1 heterocycles. The maximum Gasteiger partial charge on any atom is 0.317 e. The van der Waals surface area contributed by atoms with E-state index in [9.17, 15) is 17.6 Å². The summed E-state index contributed by atoms with van der Waals surface area (Å²) < 4.78 is 45.1. The zero-order chi connectivity index (χ0) is 21.6. The fraction of sp³-hybridized carbons (Fsp3) is 0.350. The quantitative estimate of drug-likeness (QED) is 0.651. The Morgan fingerprint density at radius 3 is 2.30 bits per heavy atom. The number of carbonyl (C=O) groups excluding carboxylic acids is 1. The molecule has 0 unspecified atom stereocenters. The molecule has 0 bridgehead atoms. The molecular weight excluding hydrogens is 433 g/mol. The smallest absolute Gasteiger partial charge is 0.317 e. The average molecular weight is 456 g/mol. The third-order valence-electron chi connectivity index (χ3n) is 4.66. The minimum Gasteiger partial charge on any atom is -0.494 e. The van der Waals surface area contributed by atoms with Gasteiger partial charge in [-0.2, -0.15) is 4.31 Å². The van der Waals surface area contributed by atoms with Crippen molar-refractivity contribution in [3.63, 3.8) is 0 Å². The molecule has 0 spiro atoms. The molecule has 0 saturated carbocycles. The SMILES string of the molecule is O=C(NCCCOc1ccc(F)cc1)N1CCN(S(=O)(=O)c2ccc(Cl)cc2)CC1. The lowest BCUT2D eigenvalue weighted by atomic mass is 10.3. The second-order valence-electron chi connectivity index (χ2n) is 6.73. The molecule has 1 aliphatic heterocycles. The maximum atomic E-state index is 12.8. The number of sulfonamides is 1. The van der Waals surface area contributed by atoms with Crippen molar-refractivity contribution in [2.45, 2.75) is 11.3 Å². The van der Waals surface area contributed by atoms with Gasteiger partial charge in [0, 0.05) is 37.7 Å². The first-order chi connectivity index (χ1) is 14.4. The highest BCUT2D eigenvalue weighted by Gasteiger charge is 2.29. The fourth-order valence-corrected chi connectivity index (χ4v) is 4.54. The van der Waals surface area contributed by atoms with Gasteiger partial charge in [0.25, 0.3) is 0 Å². The van der Waals surface area contributed by atoms with Crippen LogP contribution in [0.15, 0.2) is 53.4 Å². The van der Waals surface area contributed by atoms with Crippen molar-refractivity contribution in [1.82, 2.24) is 14.5 Å². The molecule has 0 radical (unpaired) electrons. The van der Waals surface area contributed by atoms with Crippen LogP contribution < -0.4 is 10.1 Å². The Balaban J connectivity index is 1.38. The predicted molar refractivity (Wildman–Crippen MR) is 112 cm³/mol. The number of carbonyl (C=O) groups is 1. The van der Waals surface area contributed by atoms with Gasteiger partial charge < -0.3 is 15.0 Å². The molecule has 0 aliphatic carbocycles. The number of piperazine rings is 1. The van der Waals surface area contributed by atoms with Crippen molar-refractivity contribution in [3.8, 4) is 5.75 Å². The number of urea groups is 1. The molecule has 10 heteroatoms. The molecule has 3 rings (SSSR count). The molecule has 0 aromatic heterocycles. The third-order valence-corrected chi connectivity index (χ3v) is 6.82. The fourth-order valence-electron chi connectivity index (χ4n) is 2.99. The van der Waals surface area contributed by atoms with E-state index in [1.165, 1.54) is 40.7 Å². The second-order valence-corrected chi connectivity index (χ2v) is 9.11. The Morgan fingerprint density at radius 1 is 1.03 bits per heavy atom. The lowest BCUT2D eigenvalue weighted by Crippen LogP contribution is -2.53. The van der Waals surface area contributed by atoms with Crippen LogP contribution in [0.2, 0.25) is 5.02 Å². The second kappa shape index (κ2) is 10.1. The van der Waals surface area contributed by atoms with Gasteiger partial charge in [0.1, 0.15) is 11.6 Å². The summed E-state index contributed by atoms with van der Waals surface area (Å²) >= 11 is 5.82. The molecule has 1 saturated heterocycles. The van der Waals surface area contributed by atoms with Crippen LogP contribution in [0.4, 0.5) is 9.18 Å². The van der Waals surface area contributed by atoms with Crippen molar-refractivity contribution in [3.05, 3.63) is 59.4 Å². The van der Waals surface area contributed by atoms with Crippen LogP contribution in [-0.2, 0) is 10.0 Å². The zero-order valence-corrected chi connectivity index (χ0v) is 17.8. The topological polar surface area (TPSA) is 79.0 Å². The Hall–Kier alpha value is -2.36. The highest BCUT2D eigenvalue weighted by Crippen LogP contribution is 2.20. The summed E-state index contributed by atoms with van der Waals surface area (Å²) in [5.74, 6) is 0.247. The van der Waals surface area contributed by atoms with Crippen molar-refractivity contribution in [1.29, 1.82) is 0 Å². The largest absolute Gasteiger partial charge is 0.494 e. The van der Waals surface area contributed by atoms with E-state index in [0.29, 0.717) is 43.4 Å². The summed E-state index contributed by atoms with van der Waals surface area (Å²) in [6.07, 6.45) is 0.591. The third kappa shape index (κ3) is 5.84. The number of benzene rings is 2. The molecule has 30 heavy (non-hydrogen) atoms. The van der Waals surface area contributed by atoms with Crippen LogP contribution in [0.3, 0.4) is 0 Å². The van der Waals surface area contributed by atoms with E-state index in [4.69, 9.17) is 16.3 Å². The number of ether oxygens (including phenoxy) is 1. The number of nitrogens with zero attached hydrogens (tertiary/aromatic N) is 2. The van der Waals surface area contributed by atoms with Gasteiger partial charge in [-0.05, 0) is 55.0 Å². The number of hydrogen-bond donors (Lipinski definition) is 1. The van der Waals surface area contributed by atoms with Crippen LogP contribution in [0.25, 0.3) is 0 Å². The molecule has 162 valence electrons. The van der Waals surface area contributed by atoms with Crippen LogP contribution >= 0.6 is 11.6 Å². The summed E-state index contributed by atoms with van der Waals surface area (Å²) in [6, 6.07) is 11.5. The Morgan fingerprint density at radius 2 is 1.67 bits per heavy atom. The molecule has 2 amide bonds. The van der Waals surface area contributed by atoms with Crippen molar-refractivity contribution in [2.24, 2.45) is 0 Å². The highest BCUT2D eigenvalue weighted by molar-refractivity contribution is 7.89. The molecule has 2 aromatic rings. The molecule has 0 atom stereocenters. The minimum absolute atomic E-state index is 0.186. The van der Waals surface area contributed by atoms with Crippen LogP contribution in [0.5, 0.6) is 5.75 Å². The first-order valence-electron chi connectivity index (χ1n) is 9.53. The molecule has 7 nitrogen and oxygen atoms in total. The van der Waals surface area contributed by atoms with E-state index < -0.39 is 10.0 Å². The predicted octanol–water partition coefficient (Wildman–Crippen LogP) is 2.96. The van der Waals surface area contributed by atoms with Gasteiger partial charge in [-0.1, -0.05) is 11.6 Å². The number of halogens is 2. The van der Waals surface area contributed by atoms with Crippen LogP contribution in [-0.4, -0.2) is 63.0 Å². The van der Waals surface area contributed by atoms with Gasteiger partial charge in [-0.25, -0.2) is 17.6 Å². The van der Waals surface area contributed by atoms with Gasteiger partial charge >= 0.3 is 6.03 Å². The molecule has 1 aliphatic rings. The Kier molecular flexibility index (Phi) is 7.52. The van der Waals surface area contributed by atoms with Gasteiger partial charge in [0.2, 0.25) is 10.0 Å². The summed E-state index contributed by atoms with van der Waals surface area (Å²) in [5, 5.41) is 3.27. The van der Waals surface area contributed by atoms with E-state index in [1.807, 2.05) is 0 Å². The highest BCUT2D eigenvalue weighted by atomic mass is 35.5. The summed E-state index contributed by atoms with van der Waals surface area (Å²) in [7, 11) is -3.60. The summed E-state index contributed by atoms with van der Waals surface area (Å²) in [4.78, 5) is 14.1. The lowest BCUT2D eigenvalue weighted by molar-refractivity contribution is 0.171. The van der Waals surface area contributed by atoms with Crippen molar-refractivity contribution in [2.75, 3.05) is 39.3 Å². The summed E-state index contributed by atoms with van der Waals surface area (Å²) in [6.45, 7) is 1.88. The average Bonchev–Trinajstić information content (AvgIpc) is 2.75.